The van der Waals surface area contributed by atoms with Gasteiger partial charge in [-0.3, -0.25) is 9.78 Å². The highest BCUT2D eigenvalue weighted by Gasteiger charge is 2.05. The van der Waals surface area contributed by atoms with Crippen molar-refractivity contribution in [3.8, 4) is 0 Å². The lowest BCUT2D eigenvalue weighted by molar-refractivity contribution is 0.0954. The molecule has 0 atom stereocenters. The van der Waals surface area contributed by atoms with Crippen molar-refractivity contribution in [2.45, 2.75) is 0 Å². The number of nitrogens with zero attached hydrogens (tertiary/aromatic N) is 4. The van der Waals surface area contributed by atoms with Gasteiger partial charge in [-0.15, -0.1) is 0 Å². The highest BCUT2D eigenvalue weighted by atomic mass is 19.1. The predicted octanol–water partition coefficient (Wildman–Crippen LogP) is 1.26. The van der Waals surface area contributed by atoms with Crippen LogP contribution in [0.4, 0.5) is 4.39 Å². The summed E-state index contributed by atoms with van der Waals surface area (Å²) in [6, 6.07) is 1.08. The molecule has 15 heavy (non-hydrogen) atoms. The number of hydrogen-bond acceptors (Lipinski definition) is 3. The number of nitrogens with one attached hydrogen (secondary N) is 1. The fourth-order valence-electron chi connectivity index (χ4n) is 0.902. The first-order valence-corrected chi connectivity index (χ1v) is 4.13. The third-order valence-electron chi connectivity index (χ3n) is 1.53. The normalized spacial score (nSPS) is 9.13. The first-order chi connectivity index (χ1) is 7.24. The first-order valence-electron chi connectivity index (χ1n) is 4.13. The summed E-state index contributed by atoms with van der Waals surface area (Å²) in [5.74, 6) is -1.02. The standard InChI is InChI=1S/C8H8FN5O/c9-7-3-6(4-11-5-7)8(15)12-1-2-13-14-10/h3-5H,1-2H2,(H,12,15). The molecule has 0 fully saturated rings. The maximum absolute atomic E-state index is 12.7. The van der Waals surface area contributed by atoms with Crippen molar-refractivity contribution in [2.75, 3.05) is 13.1 Å². The first kappa shape index (κ1) is 10.9. The van der Waals surface area contributed by atoms with Crippen LogP contribution in [0.3, 0.4) is 0 Å². The second-order valence-electron chi connectivity index (χ2n) is 2.60. The largest absolute Gasteiger partial charge is 0.352 e. The number of azide groups is 1. The number of pyridine rings is 1. The molecule has 0 unspecified atom stereocenters. The molecule has 0 saturated carbocycles. The van der Waals surface area contributed by atoms with Crippen LogP contribution in [0.5, 0.6) is 0 Å². The topological polar surface area (TPSA) is 90.8 Å². The van der Waals surface area contributed by atoms with Gasteiger partial charge in [0.05, 0.1) is 11.8 Å². The zero-order chi connectivity index (χ0) is 11.1. The molecule has 1 amide bonds. The maximum Gasteiger partial charge on any atom is 0.252 e. The van der Waals surface area contributed by atoms with Crippen LogP contribution in [0.25, 0.3) is 10.4 Å². The van der Waals surface area contributed by atoms with E-state index < -0.39 is 11.7 Å². The van der Waals surface area contributed by atoms with Crippen LogP contribution in [-0.4, -0.2) is 24.0 Å². The van der Waals surface area contributed by atoms with Crippen molar-refractivity contribution < 1.29 is 9.18 Å². The van der Waals surface area contributed by atoms with Gasteiger partial charge in [0.1, 0.15) is 5.82 Å². The summed E-state index contributed by atoms with van der Waals surface area (Å²) in [4.78, 5) is 17.4. The molecule has 1 aromatic heterocycles. The smallest absolute Gasteiger partial charge is 0.252 e. The van der Waals surface area contributed by atoms with Gasteiger partial charge in [0.2, 0.25) is 0 Å². The minimum absolute atomic E-state index is 0.135. The van der Waals surface area contributed by atoms with E-state index in [1.165, 1.54) is 6.20 Å². The number of rotatable bonds is 4. The lowest BCUT2D eigenvalue weighted by atomic mass is 10.2. The molecule has 1 rings (SSSR count). The zero-order valence-corrected chi connectivity index (χ0v) is 7.72. The highest BCUT2D eigenvalue weighted by molar-refractivity contribution is 5.93. The van der Waals surface area contributed by atoms with Crippen molar-refractivity contribution in [3.05, 3.63) is 40.3 Å². The zero-order valence-electron chi connectivity index (χ0n) is 7.72. The van der Waals surface area contributed by atoms with Crippen molar-refractivity contribution in [2.24, 2.45) is 5.11 Å². The van der Waals surface area contributed by atoms with E-state index in [0.717, 1.165) is 12.3 Å². The van der Waals surface area contributed by atoms with Crippen LogP contribution >= 0.6 is 0 Å². The molecule has 1 N–H and O–H groups in total. The molecular formula is C8H8FN5O. The molecular weight excluding hydrogens is 201 g/mol. The van der Waals surface area contributed by atoms with E-state index in [0.29, 0.717) is 0 Å². The molecule has 0 bridgehead atoms. The Hall–Kier alpha value is -2.14. The van der Waals surface area contributed by atoms with Crippen LogP contribution in [0.2, 0.25) is 0 Å². The number of carbonyl (C=O) groups is 1. The average Bonchev–Trinajstić information content (AvgIpc) is 2.24. The molecule has 0 saturated heterocycles. The molecule has 0 aliphatic rings. The lowest BCUT2D eigenvalue weighted by Gasteiger charge is -2.01. The van der Waals surface area contributed by atoms with E-state index >= 15 is 0 Å². The van der Waals surface area contributed by atoms with Gasteiger partial charge in [0, 0.05) is 24.2 Å². The molecule has 1 aromatic rings. The van der Waals surface area contributed by atoms with Crippen molar-refractivity contribution in [3.63, 3.8) is 0 Å². The van der Waals surface area contributed by atoms with Gasteiger partial charge >= 0.3 is 0 Å². The van der Waals surface area contributed by atoms with E-state index in [-0.39, 0.29) is 18.7 Å². The van der Waals surface area contributed by atoms with E-state index in [4.69, 9.17) is 5.53 Å². The molecule has 0 aliphatic heterocycles. The summed E-state index contributed by atoms with van der Waals surface area (Å²) >= 11 is 0. The van der Waals surface area contributed by atoms with Crippen LogP contribution in [0.1, 0.15) is 10.4 Å². The Morgan fingerprint density at radius 3 is 3.13 bits per heavy atom. The van der Waals surface area contributed by atoms with Gasteiger partial charge < -0.3 is 5.32 Å². The Kier molecular flexibility index (Phi) is 4.05. The number of halogens is 1. The molecule has 1 heterocycles. The fourth-order valence-corrected chi connectivity index (χ4v) is 0.902. The lowest BCUT2D eigenvalue weighted by Crippen LogP contribution is -2.26. The van der Waals surface area contributed by atoms with E-state index in [1.54, 1.807) is 0 Å². The third kappa shape index (κ3) is 3.61. The molecule has 7 heteroatoms. The molecule has 0 aromatic carbocycles. The number of amides is 1. The van der Waals surface area contributed by atoms with Crippen LogP contribution in [-0.2, 0) is 0 Å². The van der Waals surface area contributed by atoms with Gasteiger partial charge in [-0.05, 0) is 11.6 Å². The Bertz CT molecular complexity index is 402. The predicted molar refractivity (Wildman–Crippen MR) is 50.5 cm³/mol. The SMILES string of the molecule is [N-]=[N+]=NCCNC(=O)c1cncc(F)c1. The van der Waals surface area contributed by atoms with Crippen molar-refractivity contribution in [1.29, 1.82) is 0 Å². The van der Waals surface area contributed by atoms with Gasteiger partial charge in [-0.1, -0.05) is 5.11 Å². The summed E-state index contributed by atoms with van der Waals surface area (Å²) in [6.45, 7) is 0.365. The third-order valence-corrected chi connectivity index (χ3v) is 1.53. The fraction of sp³-hybridized carbons (Fsp3) is 0.250. The van der Waals surface area contributed by atoms with E-state index in [2.05, 4.69) is 20.3 Å². The Morgan fingerprint density at radius 2 is 2.47 bits per heavy atom. The average molecular weight is 209 g/mol. The molecule has 6 nitrogen and oxygen atoms in total. The van der Waals surface area contributed by atoms with Crippen LogP contribution in [0, 0.1) is 5.82 Å². The van der Waals surface area contributed by atoms with E-state index in [9.17, 15) is 9.18 Å². The van der Waals surface area contributed by atoms with Gasteiger partial charge in [0.25, 0.3) is 5.91 Å². The molecule has 78 valence electrons. The molecule has 0 aliphatic carbocycles. The number of aromatic nitrogens is 1. The number of hydrogen-bond donors (Lipinski definition) is 1. The van der Waals surface area contributed by atoms with Crippen molar-refractivity contribution in [1.82, 2.24) is 10.3 Å². The summed E-state index contributed by atoms with van der Waals surface area (Å²) in [5, 5.41) is 5.68. The van der Waals surface area contributed by atoms with Gasteiger partial charge in [0.15, 0.2) is 0 Å². The Labute approximate surface area is 84.8 Å². The second kappa shape index (κ2) is 5.56. The summed E-state index contributed by atoms with van der Waals surface area (Å²) in [6.07, 6.45) is 2.27. The molecule has 0 radical (unpaired) electrons. The Balaban J connectivity index is 2.50. The summed E-state index contributed by atoms with van der Waals surface area (Å²) in [7, 11) is 0. The maximum atomic E-state index is 12.7. The van der Waals surface area contributed by atoms with Crippen LogP contribution < -0.4 is 5.32 Å². The summed E-state index contributed by atoms with van der Waals surface area (Å²) < 4.78 is 12.7. The van der Waals surface area contributed by atoms with Crippen molar-refractivity contribution >= 4 is 5.91 Å². The number of carbonyl (C=O) groups excluding carboxylic acids is 1. The quantitative estimate of drug-likeness (QED) is 0.350. The van der Waals surface area contributed by atoms with Gasteiger partial charge in [-0.25, -0.2) is 4.39 Å². The second-order valence-corrected chi connectivity index (χ2v) is 2.60. The Morgan fingerprint density at radius 1 is 1.67 bits per heavy atom. The van der Waals surface area contributed by atoms with E-state index in [1.807, 2.05) is 0 Å². The monoisotopic (exact) mass is 209 g/mol. The van der Waals surface area contributed by atoms with Crippen LogP contribution in [0.15, 0.2) is 23.6 Å². The minimum Gasteiger partial charge on any atom is -0.352 e. The van der Waals surface area contributed by atoms with Gasteiger partial charge in [-0.2, -0.15) is 0 Å². The minimum atomic E-state index is -0.572. The summed E-state index contributed by atoms with van der Waals surface area (Å²) in [5.41, 5.74) is 8.11. The molecule has 0 spiro atoms. The highest BCUT2D eigenvalue weighted by Crippen LogP contribution is 1.99.